The van der Waals surface area contributed by atoms with Crippen molar-refractivity contribution in [3.63, 3.8) is 0 Å². The zero-order valence-corrected chi connectivity index (χ0v) is 14.3. The van der Waals surface area contributed by atoms with Crippen LogP contribution in [0.2, 0.25) is 0 Å². The van der Waals surface area contributed by atoms with Crippen molar-refractivity contribution in [3.05, 3.63) is 77.6 Å². The molecule has 0 saturated carbocycles. The van der Waals surface area contributed by atoms with Gasteiger partial charge in [0.05, 0.1) is 0 Å². The molecule has 4 nitrogen and oxygen atoms in total. The fourth-order valence-corrected chi connectivity index (χ4v) is 2.50. The van der Waals surface area contributed by atoms with E-state index in [0.29, 0.717) is 0 Å². The van der Waals surface area contributed by atoms with Crippen molar-refractivity contribution in [1.82, 2.24) is 9.97 Å². The monoisotopic (exact) mass is 318 g/mol. The number of nitrogens with one attached hydrogen (secondary N) is 1. The molecule has 0 aliphatic heterocycles. The Morgan fingerprint density at radius 3 is 2.33 bits per heavy atom. The van der Waals surface area contributed by atoms with Crippen molar-refractivity contribution in [2.24, 2.45) is 0 Å². The normalized spacial score (nSPS) is 10.5. The molecule has 2 aromatic carbocycles. The lowest BCUT2D eigenvalue weighted by Crippen LogP contribution is -2.13. The molecule has 1 heterocycles. The highest BCUT2D eigenvalue weighted by atomic mass is 15.2. The summed E-state index contributed by atoms with van der Waals surface area (Å²) in [4.78, 5) is 11.1. The van der Waals surface area contributed by atoms with Crippen LogP contribution in [0.1, 0.15) is 17.0 Å². The Labute approximate surface area is 143 Å². The Balaban J connectivity index is 1.77. The molecule has 1 N–H and O–H groups in total. The lowest BCUT2D eigenvalue weighted by molar-refractivity contribution is 0.995. The van der Waals surface area contributed by atoms with Gasteiger partial charge >= 0.3 is 0 Å². The second-order valence-electron chi connectivity index (χ2n) is 5.89. The molecule has 0 radical (unpaired) electrons. The second kappa shape index (κ2) is 7.13. The van der Waals surface area contributed by atoms with E-state index in [1.54, 1.807) is 0 Å². The van der Waals surface area contributed by atoms with Crippen LogP contribution in [0.15, 0.2) is 60.7 Å². The summed E-state index contributed by atoms with van der Waals surface area (Å²) in [6.07, 6.45) is 0. The van der Waals surface area contributed by atoms with Gasteiger partial charge in [0, 0.05) is 25.3 Å². The average molecular weight is 318 g/mol. The Bertz CT molecular complexity index is 798. The molecular weight excluding hydrogens is 296 g/mol. The quantitative estimate of drug-likeness (QED) is 0.753. The van der Waals surface area contributed by atoms with Gasteiger partial charge < -0.3 is 10.2 Å². The van der Waals surface area contributed by atoms with Crippen molar-refractivity contribution < 1.29 is 0 Å². The number of anilines is 3. The third-order valence-electron chi connectivity index (χ3n) is 3.91. The van der Waals surface area contributed by atoms with Crippen LogP contribution in [0.25, 0.3) is 0 Å². The van der Waals surface area contributed by atoms with E-state index < -0.39 is 0 Å². The molecule has 1 aromatic heterocycles. The number of benzene rings is 2. The number of para-hydroxylation sites is 1. The zero-order chi connectivity index (χ0) is 16.9. The van der Waals surface area contributed by atoms with Crippen LogP contribution in [0.4, 0.5) is 17.3 Å². The van der Waals surface area contributed by atoms with Crippen molar-refractivity contribution >= 4 is 17.3 Å². The summed E-state index contributed by atoms with van der Waals surface area (Å²) in [6, 6.07) is 20.7. The summed E-state index contributed by atoms with van der Waals surface area (Å²) in [6.45, 7) is 4.75. The number of hydrogen-bond acceptors (Lipinski definition) is 4. The van der Waals surface area contributed by atoms with Crippen LogP contribution in [-0.2, 0) is 6.54 Å². The van der Waals surface area contributed by atoms with Crippen molar-refractivity contribution in [3.8, 4) is 0 Å². The molecule has 122 valence electrons. The maximum atomic E-state index is 4.55. The van der Waals surface area contributed by atoms with Gasteiger partial charge in [-0.05, 0) is 31.5 Å². The van der Waals surface area contributed by atoms with E-state index in [9.17, 15) is 0 Å². The van der Waals surface area contributed by atoms with E-state index in [4.69, 9.17) is 0 Å². The molecule has 0 amide bonds. The summed E-state index contributed by atoms with van der Waals surface area (Å²) >= 11 is 0. The third-order valence-corrected chi connectivity index (χ3v) is 3.91. The maximum absolute atomic E-state index is 4.55. The molecule has 0 aliphatic carbocycles. The summed E-state index contributed by atoms with van der Waals surface area (Å²) in [5.74, 6) is 2.46. The first-order valence-corrected chi connectivity index (χ1v) is 8.06. The lowest BCUT2D eigenvalue weighted by Gasteiger charge is -2.19. The number of aryl methyl sites for hydroxylation is 2. The lowest BCUT2D eigenvalue weighted by atomic mass is 10.1. The molecule has 4 heteroatoms. The predicted octanol–water partition coefficient (Wildman–Crippen LogP) is 4.47. The third kappa shape index (κ3) is 3.90. The Morgan fingerprint density at radius 1 is 0.917 bits per heavy atom. The van der Waals surface area contributed by atoms with Gasteiger partial charge in [0.15, 0.2) is 0 Å². The number of hydrogen-bond donors (Lipinski definition) is 1. The fraction of sp³-hybridized carbons (Fsp3) is 0.200. The summed E-state index contributed by atoms with van der Waals surface area (Å²) in [7, 11) is 2.01. The van der Waals surface area contributed by atoms with E-state index in [2.05, 4.69) is 63.5 Å². The van der Waals surface area contributed by atoms with Gasteiger partial charge in [-0.2, -0.15) is 0 Å². The van der Waals surface area contributed by atoms with E-state index >= 15 is 0 Å². The average Bonchev–Trinajstić information content (AvgIpc) is 2.61. The molecule has 0 aliphatic rings. The molecule has 24 heavy (non-hydrogen) atoms. The van der Waals surface area contributed by atoms with Crippen LogP contribution in [0, 0.1) is 13.8 Å². The van der Waals surface area contributed by atoms with Crippen LogP contribution < -0.4 is 10.2 Å². The molecule has 3 aromatic rings. The standard InChI is InChI=1S/C20H22N4/c1-15-9-11-17(12-10-15)14-21-19-13-20(23-16(2)22-19)24(3)18-7-5-4-6-8-18/h4-13H,14H2,1-3H3,(H,21,22,23). The summed E-state index contributed by atoms with van der Waals surface area (Å²) in [5.41, 5.74) is 3.60. The molecule has 0 spiro atoms. The number of rotatable bonds is 5. The van der Waals surface area contributed by atoms with Gasteiger partial charge in [0.25, 0.3) is 0 Å². The van der Waals surface area contributed by atoms with Crippen molar-refractivity contribution in [1.29, 1.82) is 0 Å². The number of nitrogens with zero attached hydrogens (tertiary/aromatic N) is 3. The Hall–Kier alpha value is -2.88. The van der Waals surface area contributed by atoms with Crippen LogP contribution >= 0.6 is 0 Å². The molecule has 0 bridgehead atoms. The highest BCUT2D eigenvalue weighted by molar-refractivity contribution is 5.61. The van der Waals surface area contributed by atoms with Crippen LogP contribution in [-0.4, -0.2) is 17.0 Å². The van der Waals surface area contributed by atoms with Gasteiger partial charge in [-0.25, -0.2) is 9.97 Å². The minimum atomic E-state index is 0.741. The largest absolute Gasteiger partial charge is 0.366 e. The SMILES string of the molecule is Cc1ccc(CNc2cc(N(C)c3ccccc3)nc(C)n2)cc1. The van der Waals surface area contributed by atoms with Crippen molar-refractivity contribution in [2.45, 2.75) is 20.4 Å². The van der Waals surface area contributed by atoms with E-state index in [1.807, 2.05) is 38.2 Å². The Morgan fingerprint density at radius 2 is 1.62 bits per heavy atom. The topological polar surface area (TPSA) is 41.0 Å². The fourth-order valence-electron chi connectivity index (χ4n) is 2.50. The highest BCUT2D eigenvalue weighted by Gasteiger charge is 2.08. The summed E-state index contributed by atoms with van der Waals surface area (Å²) < 4.78 is 0. The molecular formula is C20H22N4. The minimum Gasteiger partial charge on any atom is -0.366 e. The second-order valence-corrected chi connectivity index (χ2v) is 5.89. The van der Waals surface area contributed by atoms with E-state index in [-0.39, 0.29) is 0 Å². The van der Waals surface area contributed by atoms with Gasteiger partial charge in [-0.15, -0.1) is 0 Å². The first kappa shape index (κ1) is 16.0. The van der Waals surface area contributed by atoms with Gasteiger partial charge in [0.1, 0.15) is 17.5 Å². The highest BCUT2D eigenvalue weighted by Crippen LogP contribution is 2.23. The Kier molecular flexibility index (Phi) is 4.75. The molecule has 0 atom stereocenters. The maximum Gasteiger partial charge on any atom is 0.138 e. The van der Waals surface area contributed by atoms with Crippen LogP contribution in [0.3, 0.4) is 0 Å². The smallest absolute Gasteiger partial charge is 0.138 e. The summed E-state index contributed by atoms with van der Waals surface area (Å²) in [5, 5.41) is 3.39. The van der Waals surface area contributed by atoms with E-state index in [0.717, 1.165) is 29.7 Å². The minimum absolute atomic E-state index is 0.741. The molecule has 0 saturated heterocycles. The first-order chi connectivity index (χ1) is 11.6. The van der Waals surface area contributed by atoms with Crippen LogP contribution in [0.5, 0.6) is 0 Å². The molecule has 0 unspecified atom stereocenters. The van der Waals surface area contributed by atoms with Crippen molar-refractivity contribution in [2.75, 3.05) is 17.3 Å². The zero-order valence-electron chi connectivity index (χ0n) is 14.3. The number of aromatic nitrogens is 2. The predicted molar refractivity (Wildman–Crippen MR) is 99.8 cm³/mol. The van der Waals surface area contributed by atoms with Gasteiger partial charge in [0.2, 0.25) is 0 Å². The van der Waals surface area contributed by atoms with E-state index in [1.165, 1.54) is 11.1 Å². The van der Waals surface area contributed by atoms with Gasteiger partial charge in [-0.1, -0.05) is 48.0 Å². The van der Waals surface area contributed by atoms with Gasteiger partial charge in [-0.3, -0.25) is 0 Å². The molecule has 3 rings (SSSR count). The molecule has 0 fully saturated rings. The first-order valence-electron chi connectivity index (χ1n) is 8.06.